The Labute approximate surface area is 212 Å². The van der Waals surface area contributed by atoms with Crippen LogP contribution in [0.2, 0.25) is 0 Å². The number of nitrogens with one attached hydrogen (secondary N) is 2. The molecule has 1 aliphatic carbocycles. The van der Waals surface area contributed by atoms with E-state index in [4.69, 9.17) is 0 Å². The highest BCUT2D eigenvalue weighted by molar-refractivity contribution is 5.99. The van der Waals surface area contributed by atoms with Crippen LogP contribution in [0.4, 0.5) is 19.7 Å². The topological polar surface area (TPSA) is 143 Å². The van der Waals surface area contributed by atoms with Crippen molar-refractivity contribution in [1.29, 1.82) is 5.26 Å². The maximum absolute atomic E-state index is 13.4. The van der Waals surface area contributed by atoms with Crippen molar-refractivity contribution < 1.29 is 28.7 Å². The molecule has 1 saturated heterocycles. The number of nitrogens with zero attached hydrogens (tertiary/aromatic N) is 3. The molecular weight excluding hydrogens is 481 g/mol. The van der Waals surface area contributed by atoms with Crippen LogP contribution in [0.3, 0.4) is 0 Å². The minimum atomic E-state index is -1.56. The van der Waals surface area contributed by atoms with Crippen LogP contribution in [0.1, 0.15) is 47.9 Å². The van der Waals surface area contributed by atoms with Crippen molar-refractivity contribution in [3.05, 3.63) is 65.0 Å². The lowest BCUT2D eigenvalue weighted by atomic mass is 9.99. The number of rotatable bonds is 5. The fraction of sp³-hybridized carbons (Fsp3) is 0.346. The highest BCUT2D eigenvalue weighted by atomic mass is 19.1. The third kappa shape index (κ3) is 5.23. The van der Waals surface area contributed by atoms with Gasteiger partial charge < -0.3 is 20.6 Å². The summed E-state index contributed by atoms with van der Waals surface area (Å²) in [5, 5.41) is 24.5. The largest absolute Gasteiger partial charge is 0.465 e. The van der Waals surface area contributed by atoms with Crippen molar-refractivity contribution in [3.63, 3.8) is 0 Å². The quantitative estimate of drug-likeness (QED) is 0.566. The zero-order valence-corrected chi connectivity index (χ0v) is 20.1. The number of hydrogen-bond donors (Lipinski definition) is 3. The molecule has 0 saturated carbocycles. The molecule has 2 aromatic rings. The number of anilines is 1. The molecule has 3 atom stereocenters. The summed E-state index contributed by atoms with van der Waals surface area (Å²) in [6.45, 7) is -0.730. The first-order chi connectivity index (χ1) is 17.7. The monoisotopic (exact) mass is 507 g/mol. The van der Waals surface area contributed by atoms with Gasteiger partial charge in [-0.1, -0.05) is 18.2 Å². The Morgan fingerprint density at radius 3 is 2.51 bits per heavy atom. The summed E-state index contributed by atoms with van der Waals surface area (Å²) in [7, 11) is 1.49. The number of urea groups is 1. The number of carbonyl (C=O) groups is 4. The number of fused-ring (bicyclic) bond motifs is 1. The van der Waals surface area contributed by atoms with Gasteiger partial charge in [0.15, 0.2) is 0 Å². The summed E-state index contributed by atoms with van der Waals surface area (Å²) in [6, 6.07) is 11.0. The zero-order chi connectivity index (χ0) is 26.7. The second kappa shape index (κ2) is 10.7. The van der Waals surface area contributed by atoms with Crippen LogP contribution >= 0.6 is 0 Å². The number of imide groups is 1. The van der Waals surface area contributed by atoms with Gasteiger partial charge in [0.2, 0.25) is 11.8 Å². The van der Waals surface area contributed by atoms with Gasteiger partial charge >= 0.3 is 12.1 Å². The fourth-order valence-electron chi connectivity index (χ4n) is 5.09. The lowest BCUT2D eigenvalue weighted by molar-refractivity contribution is -0.141. The summed E-state index contributed by atoms with van der Waals surface area (Å²) < 4.78 is 13.4. The summed E-state index contributed by atoms with van der Waals surface area (Å²) in [5.41, 5.74) is 2.63. The Morgan fingerprint density at radius 1 is 1.14 bits per heavy atom. The minimum Gasteiger partial charge on any atom is -0.465 e. The Bertz CT molecular complexity index is 1280. The first kappa shape index (κ1) is 25.6. The molecule has 0 aromatic heterocycles. The van der Waals surface area contributed by atoms with Crippen LogP contribution in [0.15, 0.2) is 42.5 Å². The Balaban J connectivity index is 1.53. The zero-order valence-electron chi connectivity index (χ0n) is 20.1. The molecule has 1 fully saturated rings. The van der Waals surface area contributed by atoms with E-state index in [1.165, 1.54) is 36.2 Å². The van der Waals surface area contributed by atoms with E-state index in [9.17, 15) is 33.9 Å². The molecule has 0 radical (unpaired) electrons. The third-order valence-corrected chi connectivity index (χ3v) is 6.87. The van der Waals surface area contributed by atoms with Gasteiger partial charge in [0, 0.05) is 12.7 Å². The van der Waals surface area contributed by atoms with E-state index >= 15 is 0 Å². The first-order valence-electron chi connectivity index (χ1n) is 11.9. The number of halogens is 1. The van der Waals surface area contributed by atoms with Crippen molar-refractivity contribution in [2.45, 2.75) is 43.7 Å². The number of nitriles is 1. The van der Waals surface area contributed by atoms with Crippen LogP contribution in [-0.2, 0) is 16.0 Å². The number of benzene rings is 2. The van der Waals surface area contributed by atoms with Gasteiger partial charge in [-0.2, -0.15) is 5.26 Å². The Hall–Kier alpha value is -4.46. The Kier molecular flexibility index (Phi) is 7.38. The molecule has 3 N–H and O–H groups in total. The smallest absolute Gasteiger partial charge is 0.414 e. The number of aryl methyl sites for hydroxylation is 1. The van der Waals surface area contributed by atoms with Gasteiger partial charge in [-0.3, -0.25) is 9.59 Å². The summed E-state index contributed by atoms with van der Waals surface area (Å²) in [5.74, 6) is -2.59. The summed E-state index contributed by atoms with van der Waals surface area (Å²) in [4.78, 5) is 52.1. The predicted molar refractivity (Wildman–Crippen MR) is 130 cm³/mol. The SMILES string of the molecule is CNC(=O)Nc1ccc2c(c1)CC[C@@H]2C(=O)N(CC(=O)N1[C@@H](c2ccc(F)cc2)CC[C@@H]1C#N)C(=O)O. The molecule has 11 heteroatoms. The molecule has 0 spiro atoms. The first-order valence-corrected chi connectivity index (χ1v) is 11.9. The summed E-state index contributed by atoms with van der Waals surface area (Å²) in [6.07, 6.45) is 0.146. The number of carboxylic acid groups (broad SMARTS) is 1. The van der Waals surface area contributed by atoms with E-state index in [0.717, 1.165) is 5.56 Å². The number of hydrogen-bond acceptors (Lipinski definition) is 5. The third-order valence-electron chi connectivity index (χ3n) is 6.87. The molecule has 1 heterocycles. The van der Waals surface area contributed by atoms with Crippen molar-refractivity contribution in [2.75, 3.05) is 18.9 Å². The van der Waals surface area contributed by atoms with Gasteiger partial charge in [0.1, 0.15) is 18.4 Å². The molecule has 10 nitrogen and oxygen atoms in total. The molecular formula is C26H26FN5O5. The normalized spacial score (nSPS) is 20.0. The van der Waals surface area contributed by atoms with Crippen LogP contribution in [0.25, 0.3) is 0 Å². The molecule has 0 bridgehead atoms. The molecule has 5 amide bonds. The van der Waals surface area contributed by atoms with Gasteiger partial charge in [0.05, 0.1) is 18.0 Å². The maximum atomic E-state index is 13.4. The van der Waals surface area contributed by atoms with Gasteiger partial charge in [0.25, 0.3) is 0 Å². The van der Waals surface area contributed by atoms with E-state index in [0.29, 0.717) is 47.4 Å². The fourth-order valence-corrected chi connectivity index (χ4v) is 5.09. The molecule has 2 aliphatic rings. The average molecular weight is 508 g/mol. The van der Waals surface area contributed by atoms with Crippen molar-refractivity contribution in [2.24, 2.45) is 0 Å². The number of amides is 5. The highest BCUT2D eigenvalue weighted by Gasteiger charge is 2.41. The van der Waals surface area contributed by atoms with E-state index in [2.05, 4.69) is 16.7 Å². The lowest BCUT2D eigenvalue weighted by Crippen LogP contribution is -2.48. The van der Waals surface area contributed by atoms with Crippen LogP contribution in [0, 0.1) is 17.1 Å². The van der Waals surface area contributed by atoms with Crippen molar-refractivity contribution in [1.82, 2.24) is 15.1 Å². The highest BCUT2D eigenvalue weighted by Crippen LogP contribution is 2.38. The molecule has 2 aromatic carbocycles. The molecule has 1 aliphatic heterocycles. The number of likely N-dealkylation sites (tertiary alicyclic amines) is 1. The standard InChI is InChI=1S/C26H26FN5O5/c1-29-25(35)30-18-7-10-20-16(12-18)4-9-21(20)24(34)31(26(36)37)14-23(33)32-19(13-28)8-11-22(32)15-2-5-17(27)6-3-15/h2-3,5-7,10,12,19,21-22H,4,8-9,11,14H2,1H3,(H,36,37)(H2,29,30,35)/t19-,21+,22-/m1/s1. The average Bonchev–Trinajstić information content (AvgIpc) is 3.51. The van der Waals surface area contributed by atoms with E-state index in [1.807, 2.05) is 0 Å². The van der Waals surface area contributed by atoms with Crippen LogP contribution in [0.5, 0.6) is 0 Å². The van der Waals surface area contributed by atoms with E-state index in [1.54, 1.807) is 18.2 Å². The maximum Gasteiger partial charge on any atom is 0.414 e. The van der Waals surface area contributed by atoms with Crippen molar-refractivity contribution in [3.8, 4) is 6.07 Å². The predicted octanol–water partition coefficient (Wildman–Crippen LogP) is 3.37. The summed E-state index contributed by atoms with van der Waals surface area (Å²) >= 11 is 0. The van der Waals surface area contributed by atoms with E-state index in [-0.39, 0.29) is 0 Å². The molecule has 37 heavy (non-hydrogen) atoms. The van der Waals surface area contributed by atoms with Crippen molar-refractivity contribution >= 4 is 29.6 Å². The molecule has 4 rings (SSSR count). The Morgan fingerprint density at radius 2 is 1.86 bits per heavy atom. The lowest BCUT2D eigenvalue weighted by Gasteiger charge is -2.30. The second-order valence-electron chi connectivity index (χ2n) is 9.01. The number of carbonyl (C=O) groups excluding carboxylic acids is 3. The molecule has 192 valence electrons. The second-order valence-corrected chi connectivity index (χ2v) is 9.01. The minimum absolute atomic E-state index is 0.359. The van der Waals surface area contributed by atoms with E-state index < -0.39 is 54.3 Å². The molecule has 0 unspecified atom stereocenters. The van der Waals surface area contributed by atoms with Gasteiger partial charge in [-0.05, 0) is 66.6 Å². The van der Waals surface area contributed by atoms with Gasteiger partial charge in [-0.25, -0.2) is 18.9 Å². The van der Waals surface area contributed by atoms with Gasteiger partial charge in [-0.15, -0.1) is 0 Å². The van der Waals surface area contributed by atoms with Crippen LogP contribution in [-0.4, -0.2) is 58.5 Å². The van der Waals surface area contributed by atoms with Crippen LogP contribution < -0.4 is 10.6 Å².